The molecule has 1 rings (SSSR count). The quantitative estimate of drug-likeness (QED) is 0.633. The number of benzene rings is 1. The molecule has 0 fully saturated rings. The van der Waals surface area contributed by atoms with E-state index in [2.05, 4.69) is 12.2 Å². The van der Waals surface area contributed by atoms with Crippen molar-refractivity contribution in [1.29, 1.82) is 0 Å². The highest BCUT2D eigenvalue weighted by molar-refractivity contribution is 6.33. The van der Waals surface area contributed by atoms with Crippen molar-refractivity contribution in [2.75, 3.05) is 34.0 Å². The van der Waals surface area contributed by atoms with E-state index in [4.69, 9.17) is 25.8 Å². The fraction of sp³-hybridized carbons (Fsp3) is 0.625. The maximum absolute atomic E-state index is 6.32. The van der Waals surface area contributed by atoms with E-state index in [1.54, 1.807) is 14.2 Å². The second kappa shape index (κ2) is 10.7. The van der Waals surface area contributed by atoms with Crippen LogP contribution >= 0.6 is 11.6 Å². The highest BCUT2D eigenvalue weighted by Gasteiger charge is 2.12. The number of methoxy groups -OCH3 is 2. The smallest absolute Gasteiger partial charge is 0.179 e. The van der Waals surface area contributed by atoms with Gasteiger partial charge in [-0.1, -0.05) is 31.0 Å². The summed E-state index contributed by atoms with van der Waals surface area (Å²) in [5.74, 6) is 1.23. The third-order valence-corrected chi connectivity index (χ3v) is 3.58. The van der Waals surface area contributed by atoms with Gasteiger partial charge in [0.15, 0.2) is 11.5 Å². The number of hydrogen-bond donors (Lipinski definition) is 1. The van der Waals surface area contributed by atoms with Crippen molar-refractivity contribution in [3.63, 3.8) is 0 Å². The van der Waals surface area contributed by atoms with E-state index in [1.165, 1.54) is 6.42 Å². The van der Waals surface area contributed by atoms with Crippen LogP contribution in [0.5, 0.6) is 11.5 Å². The molecule has 4 nitrogen and oxygen atoms in total. The summed E-state index contributed by atoms with van der Waals surface area (Å²) in [7, 11) is 3.19. The van der Waals surface area contributed by atoms with Crippen LogP contribution in [-0.2, 0) is 11.3 Å². The van der Waals surface area contributed by atoms with Crippen molar-refractivity contribution in [2.45, 2.75) is 32.7 Å². The lowest BCUT2D eigenvalue weighted by atomic mass is 10.2. The molecule has 0 aliphatic carbocycles. The Hall–Kier alpha value is -0.970. The molecule has 0 saturated carbocycles. The van der Waals surface area contributed by atoms with E-state index in [1.807, 2.05) is 12.1 Å². The molecule has 0 heterocycles. The molecule has 1 aromatic carbocycles. The van der Waals surface area contributed by atoms with E-state index < -0.39 is 0 Å². The molecule has 0 spiro atoms. The van der Waals surface area contributed by atoms with Gasteiger partial charge >= 0.3 is 0 Å². The highest BCUT2D eigenvalue weighted by Crippen LogP contribution is 2.37. The molecule has 0 saturated heterocycles. The van der Waals surface area contributed by atoms with Gasteiger partial charge in [-0.3, -0.25) is 0 Å². The summed E-state index contributed by atoms with van der Waals surface area (Å²) in [5.41, 5.74) is 1.00. The van der Waals surface area contributed by atoms with Gasteiger partial charge < -0.3 is 19.5 Å². The standard InChI is InChI=1S/C16H26ClNO3/c1-4-5-10-21-11-6-9-18-12-13-7-8-14(19-2)16(20-3)15(13)17/h7-8,18H,4-6,9-12H2,1-3H3. The Bertz CT molecular complexity index is 413. The summed E-state index contributed by atoms with van der Waals surface area (Å²) in [6.07, 6.45) is 3.30. The minimum Gasteiger partial charge on any atom is -0.493 e. The van der Waals surface area contributed by atoms with Crippen LogP contribution in [0, 0.1) is 0 Å². The molecule has 0 bridgehead atoms. The molecule has 0 radical (unpaired) electrons. The molecule has 0 amide bonds. The van der Waals surface area contributed by atoms with E-state index >= 15 is 0 Å². The van der Waals surface area contributed by atoms with Gasteiger partial charge in [0.25, 0.3) is 0 Å². The van der Waals surface area contributed by atoms with Gasteiger partial charge in [-0.2, -0.15) is 0 Å². The lowest BCUT2D eigenvalue weighted by Crippen LogP contribution is -2.17. The average molecular weight is 316 g/mol. The maximum atomic E-state index is 6.32. The predicted octanol–water partition coefficient (Wildman–Crippen LogP) is 3.65. The zero-order chi connectivity index (χ0) is 15.5. The Labute approximate surface area is 132 Å². The minimum atomic E-state index is 0.585. The van der Waals surface area contributed by atoms with Crippen LogP contribution < -0.4 is 14.8 Å². The molecule has 120 valence electrons. The van der Waals surface area contributed by atoms with Crippen molar-refractivity contribution >= 4 is 11.6 Å². The summed E-state index contributed by atoms with van der Waals surface area (Å²) in [6, 6.07) is 3.82. The molecule has 1 N–H and O–H groups in total. The van der Waals surface area contributed by atoms with Crippen LogP contribution in [0.4, 0.5) is 0 Å². The van der Waals surface area contributed by atoms with Gasteiger partial charge in [0.05, 0.1) is 19.2 Å². The van der Waals surface area contributed by atoms with Crippen molar-refractivity contribution in [3.8, 4) is 11.5 Å². The molecule has 0 aliphatic heterocycles. The summed E-state index contributed by atoms with van der Waals surface area (Å²) < 4.78 is 16.0. The summed E-state index contributed by atoms with van der Waals surface area (Å²) in [5, 5.41) is 3.96. The Morgan fingerprint density at radius 3 is 2.52 bits per heavy atom. The molecule has 5 heteroatoms. The van der Waals surface area contributed by atoms with Gasteiger partial charge in [0.1, 0.15) is 0 Å². The summed E-state index contributed by atoms with van der Waals surface area (Å²) >= 11 is 6.32. The van der Waals surface area contributed by atoms with E-state index in [9.17, 15) is 0 Å². The van der Waals surface area contributed by atoms with Crippen molar-refractivity contribution in [2.24, 2.45) is 0 Å². The first-order valence-electron chi connectivity index (χ1n) is 7.42. The molecule has 0 atom stereocenters. The second-order valence-corrected chi connectivity index (χ2v) is 5.15. The van der Waals surface area contributed by atoms with Gasteiger partial charge in [-0.05, 0) is 31.0 Å². The molecule has 21 heavy (non-hydrogen) atoms. The molecule has 0 unspecified atom stereocenters. The summed E-state index contributed by atoms with van der Waals surface area (Å²) in [6.45, 7) is 5.42. The Balaban J connectivity index is 2.32. The van der Waals surface area contributed by atoms with Gasteiger partial charge in [-0.25, -0.2) is 0 Å². The predicted molar refractivity (Wildman–Crippen MR) is 86.6 cm³/mol. The number of unbranched alkanes of at least 4 members (excludes halogenated alkanes) is 1. The van der Waals surface area contributed by atoms with Crippen molar-refractivity contribution in [3.05, 3.63) is 22.7 Å². The first-order valence-corrected chi connectivity index (χ1v) is 7.80. The number of ether oxygens (including phenoxy) is 3. The highest BCUT2D eigenvalue weighted by atomic mass is 35.5. The third kappa shape index (κ3) is 6.12. The van der Waals surface area contributed by atoms with Gasteiger partial charge in [-0.15, -0.1) is 0 Å². The number of nitrogens with one attached hydrogen (secondary N) is 1. The largest absolute Gasteiger partial charge is 0.493 e. The first kappa shape index (κ1) is 18.1. The van der Waals surface area contributed by atoms with Crippen molar-refractivity contribution < 1.29 is 14.2 Å². The Morgan fingerprint density at radius 1 is 1.10 bits per heavy atom. The normalized spacial score (nSPS) is 10.7. The van der Waals surface area contributed by atoms with Crippen LogP contribution in [0.25, 0.3) is 0 Å². The molecular weight excluding hydrogens is 290 g/mol. The van der Waals surface area contributed by atoms with Gasteiger partial charge in [0, 0.05) is 19.8 Å². The Kier molecular flexibility index (Phi) is 9.22. The lowest BCUT2D eigenvalue weighted by molar-refractivity contribution is 0.129. The summed E-state index contributed by atoms with van der Waals surface area (Å²) in [4.78, 5) is 0. The van der Waals surface area contributed by atoms with Crippen LogP contribution in [0.2, 0.25) is 5.02 Å². The topological polar surface area (TPSA) is 39.7 Å². The Morgan fingerprint density at radius 2 is 1.86 bits per heavy atom. The van der Waals surface area contributed by atoms with Crippen LogP contribution in [0.3, 0.4) is 0 Å². The van der Waals surface area contributed by atoms with E-state index in [-0.39, 0.29) is 0 Å². The van der Waals surface area contributed by atoms with Gasteiger partial charge in [0.2, 0.25) is 0 Å². The van der Waals surface area contributed by atoms with Crippen molar-refractivity contribution in [1.82, 2.24) is 5.32 Å². The number of halogens is 1. The van der Waals surface area contributed by atoms with E-state index in [0.717, 1.165) is 38.2 Å². The monoisotopic (exact) mass is 315 g/mol. The first-order chi connectivity index (χ1) is 10.2. The average Bonchev–Trinajstić information content (AvgIpc) is 2.50. The lowest BCUT2D eigenvalue weighted by Gasteiger charge is -2.13. The minimum absolute atomic E-state index is 0.585. The SMILES string of the molecule is CCCCOCCCNCc1ccc(OC)c(OC)c1Cl. The third-order valence-electron chi connectivity index (χ3n) is 3.16. The zero-order valence-corrected chi connectivity index (χ0v) is 14.0. The maximum Gasteiger partial charge on any atom is 0.179 e. The molecule has 0 aromatic heterocycles. The molecule has 0 aliphatic rings. The zero-order valence-electron chi connectivity index (χ0n) is 13.2. The van der Waals surface area contributed by atoms with Crippen LogP contribution in [0.1, 0.15) is 31.7 Å². The second-order valence-electron chi connectivity index (χ2n) is 4.77. The van der Waals surface area contributed by atoms with E-state index in [0.29, 0.717) is 23.1 Å². The molecule has 1 aromatic rings. The van der Waals surface area contributed by atoms with Crippen LogP contribution in [0.15, 0.2) is 12.1 Å². The number of rotatable bonds is 11. The number of hydrogen-bond acceptors (Lipinski definition) is 4. The fourth-order valence-electron chi connectivity index (χ4n) is 1.94. The fourth-order valence-corrected chi connectivity index (χ4v) is 2.24. The van der Waals surface area contributed by atoms with Crippen LogP contribution in [-0.4, -0.2) is 34.0 Å². The molecular formula is C16H26ClNO3.